The van der Waals surface area contributed by atoms with Crippen molar-refractivity contribution in [2.24, 2.45) is 5.92 Å². The fourth-order valence-electron chi connectivity index (χ4n) is 2.09. The van der Waals surface area contributed by atoms with E-state index in [1.807, 2.05) is 0 Å². The second-order valence-electron chi connectivity index (χ2n) is 4.92. The van der Waals surface area contributed by atoms with Crippen molar-refractivity contribution in [1.29, 1.82) is 0 Å². The molecule has 3 nitrogen and oxygen atoms in total. The lowest BCUT2D eigenvalue weighted by molar-refractivity contribution is 0.343. The first-order chi connectivity index (χ1) is 8.12. The number of rotatable bonds is 7. The van der Waals surface area contributed by atoms with E-state index in [4.69, 9.17) is 0 Å². The minimum Gasteiger partial charge on any atom is -0.312 e. The summed E-state index contributed by atoms with van der Waals surface area (Å²) in [6.07, 6.45) is 2.08. The summed E-state index contributed by atoms with van der Waals surface area (Å²) in [6.45, 7) is 13.1. The van der Waals surface area contributed by atoms with Crippen molar-refractivity contribution in [3.8, 4) is 0 Å². The molecule has 0 saturated heterocycles. The average Bonchev–Trinajstić information content (AvgIpc) is 2.70. The van der Waals surface area contributed by atoms with Crippen LogP contribution in [-0.2, 0) is 19.4 Å². The van der Waals surface area contributed by atoms with Gasteiger partial charge in [-0.25, -0.2) is 0 Å². The molecule has 98 valence electrons. The molecule has 0 bridgehead atoms. The Morgan fingerprint density at radius 1 is 1.24 bits per heavy atom. The van der Waals surface area contributed by atoms with Crippen LogP contribution in [0.3, 0.4) is 0 Å². The molecule has 1 rings (SSSR count). The van der Waals surface area contributed by atoms with E-state index in [0.29, 0.717) is 12.0 Å². The zero-order chi connectivity index (χ0) is 12.8. The number of likely N-dealkylation sites (N-methyl/N-ethyl adjacent to an activating group) is 1. The molecule has 1 N–H and O–H groups in total. The van der Waals surface area contributed by atoms with Gasteiger partial charge in [0.15, 0.2) is 0 Å². The van der Waals surface area contributed by atoms with E-state index in [9.17, 15) is 0 Å². The maximum atomic E-state index is 4.68. The first-order valence-electron chi connectivity index (χ1n) is 6.91. The third-order valence-corrected chi connectivity index (χ3v) is 3.28. The molecule has 1 aromatic rings. The van der Waals surface area contributed by atoms with Crippen molar-refractivity contribution in [1.82, 2.24) is 15.1 Å². The predicted molar refractivity (Wildman–Crippen MR) is 73.3 cm³/mol. The summed E-state index contributed by atoms with van der Waals surface area (Å²) in [5, 5.41) is 8.23. The molecule has 3 heteroatoms. The summed E-state index contributed by atoms with van der Waals surface area (Å²) in [7, 11) is 0. The Labute approximate surface area is 106 Å². The topological polar surface area (TPSA) is 29.9 Å². The zero-order valence-electron chi connectivity index (χ0n) is 12.0. The summed E-state index contributed by atoms with van der Waals surface area (Å²) in [5.41, 5.74) is 2.56. The second kappa shape index (κ2) is 6.80. The Morgan fingerprint density at radius 2 is 1.94 bits per heavy atom. The van der Waals surface area contributed by atoms with Gasteiger partial charge in [-0.05, 0) is 31.4 Å². The molecule has 0 radical (unpaired) electrons. The Balaban J connectivity index is 2.80. The second-order valence-corrected chi connectivity index (χ2v) is 4.92. The van der Waals surface area contributed by atoms with Gasteiger partial charge in [0, 0.05) is 11.7 Å². The van der Waals surface area contributed by atoms with Gasteiger partial charge in [-0.3, -0.25) is 4.68 Å². The molecule has 0 aromatic carbocycles. The van der Waals surface area contributed by atoms with Gasteiger partial charge in [0.05, 0.1) is 12.2 Å². The van der Waals surface area contributed by atoms with Gasteiger partial charge >= 0.3 is 0 Å². The van der Waals surface area contributed by atoms with Crippen LogP contribution in [0.2, 0.25) is 0 Å². The van der Waals surface area contributed by atoms with E-state index in [1.165, 1.54) is 11.4 Å². The van der Waals surface area contributed by atoms with Crippen molar-refractivity contribution in [3.05, 3.63) is 17.5 Å². The van der Waals surface area contributed by atoms with Gasteiger partial charge in [-0.1, -0.05) is 34.6 Å². The lowest BCUT2D eigenvalue weighted by Gasteiger charge is -2.22. The molecule has 0 aliphatic carbocycles. The first kappa shape index (κ1) is 14.2. The number of nitrogens with one attached hydrogen (secondary N) is 1. The van der Waals surface area contributed by atoms with Gasteiger partial charge in [0.1, 0.15) is 0 Å². The summed E-state index contributed by atoms with van der Waals surface area (Å²) >= 11 is 0. The van der Waals surface area contributed by atoms with E-state index in [2.05, 4.69) is 55.8 Å². The highest BCUT2D eigenvalue weighted by molar-refractivity contribution is 5.10. The summed E-state index contributed by atoms with van der Waals surface area (Å²) in [6, 6.07) is 2.75. The van der Waals surface area contributed by atoms with E-state index < -0.39 is 0 Å². The lowest BCUT2D eigenvalue weighted by atomic mass is 10.0. The van der Waals surface area contributed by atoms with Crippen LogP contribution in [0.15, 0.2) is 6.07 Å². The Bertz CT molecular complexity index is 328. The van der Waals surface area contributed by atoms with Crippen LogP contribution in [0.5, 0.6) is 0 Å². The van der Waals surface area contributed by atoms with E-state index >= 15 is 0 Å². The number of hydrogen-bond donors (Lipinski definition) is 1. The van der Waals surface area contributed by atoms with Crippen molar-refractivity contribution in [3.63, 3.8) is 0 Å². The molecule has 0 saturated carbocycles. The summed E-state index contributed by atoms with van der Waals surface area (Å²) < 4.78 is 2.19. The minimum atomic E-state index is 0.509. The number of hydrogen-bond acceptors (Lipinski definition) is 2. The fraction of sp³-hybridized carbons (Fsp3) is 0.786. The molecule has 0 spiro atoms. The SMILES string of the molecule is CCNC(Cn1nc(CC)cc1CC)C(C)C. The van der Waals surface area contributed by atoms with Crippen molar-refractivity contribution in [2.75, 3.05) is 6.54 Å². The molecule has 1 aromatic heterocycles. The fourth-order valence-corrected chi connectivity index (χ4v) is 2.09. The maximum Gasteiger partial charge on any atom is 0.0624 e. The van der Waals surface area contributed by atoms with Crippen LogP contribution in [-0.4, -0.2) is 22.4 Å². The lowest BCUT2D eigenvalue weighted by Crippen LogP contribution is -2.38. The molecular formula is C14H27N3. The van der Waals surface area contributed by atoms with Gasteiger partial charge in [0.2, 0.25) is 0 Å². The largest absolute Gasteiger partial charge is 0.312 e. The summed E-state index contributed by atoms with van der Waals surface area (Å²) in [4.78, 5) is 0. The van der Waals surface area contributed by atoms with Crippen LogP contribution in [0.4, 0.5) is 0 Å². The van der Waals surface area contributed by atoms with Gasteiger partial charge < -0.3 is 5.32 Å². The van der Waals surface area contributed by atoms with Crippen LogP contribution in [0.25, 0.3) is 0 Å². The van der Waals surface area contributed by atoms with Crippen molar-refractivity contribution < 1.29 is 0 Å². The van der Waals surface area contributed by atoms with Crippen LogP contribution in [0, 0.1) is 5.92 Å². The summed E-state index contributed by atoms with van der Waals surface area (Å²) in [5.74, 6) is 0.633. The highest BCUT2D eigenvalue weighted by atomic mass is 15.3. The Kier molecular flexibility index (Phi) is 5.69. The smallest absolute Gasteiger partial charge is 0.0624 e. The monoisotopic (exact) mass is 237 g/mol. The number of aromatic nitrogens is 2. The van der Waals surface area contributed by atoms with Gasteiger partial charge in [-0.15, -0.1) is 0 Å². The molecule has 1 unspecified atom stereocenters. The van der Waals surface area contributed by atoms with E-state index in [-0.39, 0.29) is 0 Å². The third-order valence-electron chi connectivity index (χ3n) is 3.28. The number of aryl methyl sites for hydroxylation is 2. The van der Waals surface area contributed by atoms with Gasteiger partial charge in [-0.2, -0.15) is 5.10 Å². The van der Waals surface area contributed by atoms with Gasteiger partial charge in [0.25, 0.3) is 0 Å². The molecule has 1 atom stereocenters. The standard InChI is InChI=1S/C14H27N3/c1-6-12-9-13(7-2)17(16-12)10-14(11(4)5)15-8-3/h9,11,14-15H,6-8,10H2,1-5H3. The molecule has 1 heterocycles. The Morgan fingerprint density at radius 3 is 2.41 bits per heavy atom. The van der Waals surface area contributed by atoms with Crippen LogP contribution < -0.4 is 5.32 Å². The highest BCUT2D eigenvalue weighted by Gasteiger charge is 2.15. The highest BCUT2D eigenvalue weighted by Crippen LogP contribution is 2.10. The zero-order valence-corrected chi connectivity index (χ0v) is 12.0. The minimum absolute atomic E-state index is 0.509. The molecule has 0 fully saturated rings. The third kappa shape index (κ3) is 3.84. The molecule has 0 aliphatic heterocycles. The average molecular weight is 237 g/mol. The number of nitrogens with zero attached hydrogens (tertiary/aromatic N) is 2. The molecular weight excluding hydrogens is 210 g/mol. The molecule has 0 aliphatic rings. The molecule has 17 heavy (non-hydrogen) atoms. The normalized spacial score (nSPS) is 13.3. The van der Waals surface area contributed by atoms with E-state index in [0.717, 1.165) is 25.9 Å². The quantitative estimate of drug-likeness (QED) is 0.790. The van der Waals surface area contributed by atoms with Crippen molar-refractivity contribution >= 4 is 0 Å². The first-order valence-corrected chi connectivity index (χ1v) is 6.91. The molecule has 0 amide bonds. The van der Waals surface area contributed by atoms with Crippen LogP contribution in [0.1, 0.15) is 46.0 Å². The Hall–Kier alpha value is -0.830. The van der Waals surface area contributed by atoms with Crippen LogP contribution >= 0.6 is 0 Å². The van der Waals surface area contributed by atoms with Crippen molar-refractivity contribution in [2.45, 2.75) is 60.0 Å². The van der Waals surface area contributed by atoms with E-state index in [1.54, 1.807) is 0 Å². The maximum absolute atomic E-state index is 4.68. The predicted octanol–water partition coefficient (Wildman–Crippen LogP) is 2.64.